The molecule has 1 aliphatic heterocycles. The molecule has 6 rings (SSSR count). The summed E-state index contributed by atoms with van der Waals surface area (Å²) in [6.45, 7) is 4.20. The van der Waals surface area contributed by atoms with Gasteiger partial charge >= 0.3 is 0 Å². The molecule has 0 radical (unpaired) electrons. The summed E-state index contributed by atoms with van der Waals surface area (Å²) in [5.74, 6) is 0.882. The largest absolute Gasteiger partial charge is 0.497 e. The maximum Gasteiger partial charge on any atom is 0.253 e. The van der Waals surface area contributed by atoms with Gasteiger partial charge < -0.3 is 10.1 Å². The molecule has 0 spiro atoms. The lowest BCUT2D eigenvalue weighted by Gasteiger charge is -2.22. The molecule has 45 heavy (non-hydrogen) atoms. The Kier molecular flexibility index (Phi) is 9.08. The lowest BCUT2D eigenvalue weighted by Crippen LogP contribution is -2.28. The molecule has 0 fully saturated rings. The molecule has 0 unspecified atom stereocenters. The molecule has 0 bridgehead atoms. The van der Waals surface area contributed by atoms with E-state index in [4.69, 9.17) is 9.84 Å². The third-order valence-corrected chi connectivity index (χ3v) is 9.29. The molecular weight excluding hydrogens is 605 g/mol. The molecule has 5 aromatic rings. The second kappa shape index (κ2) is 13.5. The van der Waals surface area contributed by atoms with Crippen molar-refractivity contribution in [1.29, 1.82) is 0 Å². The molecule has 1 aliphatic rings. The van der Waals surface area contributed by atoms with Crippen molar-refractivity contribution in [3.05, 3.63) is 123 Å². The fourth-order valence-corrected chi connectivity index (χ4v) is 6.68. The number of rotatable bonds is 10. The molecule has 2 amide bonds. The van der Waals surface area contributed by atoms with E-state index in [1.807, 2.05) is 53.3 Å². The van der Waals surface area contributed by atoms with Crippen LogP contribution in [0, 0.1) is 13.8 Å². The van der Waals surface area contributed by atoms with E-state index in [2.05, 4.69) is 46.7 Å². The summed E-state index contributed by atoms with van der Waals surface area (Å²) in [5, 5.41) is 20.8. The van der Waals surface area contributed by atoms with Crippen LogP contribution in [0.5, 0.6) is 5.75 Å². The van der Waals surface area contributed by atoms with Gasteiger partial charge in [-0.25, -0.2) is 5.01 Å². The molecule has 0 saturated carbocycles. The van der Waals surface area contributed by atoms with Gasteiger partial charge in [-0.3, -0.25) is 14.2 Å². The molecule has 3 aromatic carbocycles. The Morgan fingerprint density at radius 3 is 2.56 bits per heavy atom. The number of thiophene rings is 1. The first-order valence-electron chi connectivity index (χ1n) is 14.5. The van der Waals surface area contributed by atoms with Crippen LogP contribution in [0.25, 0.3) is 5.69 Å². The van der Waals surface area contributed by atoms with Gasteiger partial charge in [0.15, 0.2) is 11.0 Å². The monoisotopic (exact) mass is 636 g/mol. The quantitative estimate of drug-likeness (QED) is 0.179. The van der Waals surface area contributed by atoms with Crippen molar-refractivity contribution in [1.82, 2.24) is 25.1 Å². The molecule has 2 aromatic heterocycles. The maximum atomic E-state index is 13.8. The summed E-state index contributed by atoms with van der Waals surface area (Å²) < 4.78 is 7.14. The number of thioether (sulfide) groups is 1. The topological polar surface area (TPSA) is 102 Å². The Bertz CT molecular complexity index is 1850. The van der Waals surface area contributed by atoms with Gasteiger partial charge in [-0.1, -0.05) is 65.9 Å². The molecule has 9 nitrogen and oxygen atoms in total. The highest BCUT2D eigenvalue weighted by atomic mass is 32.2. The smallest absolute Gasteiger partial charge is 0.253 e. The standard InChI is InChI=1S/C34H32N6O3S2/c1-22-12-14-24(15-13-22)29-19-28(30-11-6-16-44-30)38-40(29)32(41)21-45-34-37-36-31(39(34)26-9-4-7-23(2)17-26)20-35-33(42)25-8-5-10-27(18-25)43-3/h4-18,29H,19-21H2,1-3H3,(H,35,42)/t29-/m0/s1. The number of amides is 2. The Balaban J connectivity index is 1.23. The predicted octanol–water partition coefficient (Wildman–Crippen LogP) is 6.35. The number of hydrazone groups is 1. The average molecular weight is 637 g/mol. The number of aromatic nitrogens is 3. The van der Waals surface area contributed by atoms with Gasteiger partial charge in [0, 0.05) is 17.7 Å². The highest BCUT2D eigenvalue weighted by molar-refractivity contribution is 7.99. The van der Waals surface area contributed by atoms with Crippen LogP contribution in [0.2, 0.25) is 0 Å². The number of nitrogens with zero attached hydrogens (tertiary/aromatic N) is 5. The zero-order valence-electron chi connectivity index (χ0n) is 25.1. The molecule has 1 atom stereocenters. The predicted molar refractivity (Wildman–Crippen MR) is 177 cm³/mol. The number of hydrogen-bond donors (Lipinski definition) is 1. The van der Waals surface area contributed by atoms with E-state index in [0.29, 0.717) is 28.7 Å². The fraction of sp³-hybridized carbons (Fsp3) is 0.206. The molecule has 1 N–H and O–H groups in total. The fourth-order valence-electron chi connectivity index (χ4n) is 5.13. The van der Waals surface area contributed by atoms with Crippen LogP contribution in [0.4, 0.5) is 0 Å². The van der Waals surface area contributed by atoms with Crippen LogP contribution < -0.4 is 10.1 Å². The number of hydrogen-bond acceptors (Lipinski definition) is 8. The van der Waals surface area contributed by atoms with Crippen LogP contribution in [-0.2, 0) is 11.3 Å². The van der Waals surface area contributed by atoms with Crippen molar-refractivity contribution in [3.8, 4) is 11.4 Å². The van der Waals surface area contributed by atoms with E-state index in [9.17, 15) is 9.59 Å². The minimum Gasteiger partial charge on any atom is -0.497 e. The second-order valence-electron chi connectivity index (χ2n) is 10.7. The molecule has 3 heterocycles. The maximum absolute atomic E-state index is 13.8. The zero-order chi connectivity index (χ0) is 31.3. The Morgan fingerprint density at radius 1 is 0.978 bits per heavy atom. The summed E-state index contributed by atoms with van der Waals surface area (Å²) in [6.07, 6.45) is 0.649. The number of benzene rings is 3. The van der Waals surface area contributed by atoms with Gasteiger partial charge in [-0.2, -0.15) is 5.10 Å². The number of aryl methyl sites for hydroxylation is 2. The Morgan fingerprint density at radius 2 is 1.80 bits per heavy atom. The number of carbonyl (C=O) groups excluding carboxylic acids is 2. The van der Waals surface area contributed by atoms with E-state index in [-0.39, 0.29) is 30.2 Å². The van der Waals surface area contributed by atoms with Crippen LogP contribution in [0.3, 0.4) is 0 Å². The van der Waals surface area contributed by atoms with Gasteiger partial charge in [0.1, 0.15) is 5.75 Å². The molecule has 0 saturated heterocycles. The summed E-state index contributed by atoms with van der Waals surface area (Å²) in [5.41, 5.74) is 5.51. The van der Waals surface area contributed by atoms with Gasteiger partial charge in [0.25, 0.3) is 11.8 Å². The van der Waals surface area contributed by atoms with Crippen LogP contribution in [0.15, 0.2) is 101 Å². The van der Waals surface area contributed by atoms with Crippen molar-refractivity contribution in [2.45, 2.75) is 38.0 Å². The van der Waals surface area contributed by atoms with Crippen LogP contribution in [0.1, 0.15) is 50.2 Å². The van der Waals surface area contributed by atoms with Gasteiger partial charge in [-0.15, -0.1) is 21.5 Å². The first kappa shape index (κ1) is 30.3. The second-order valence-corrected chi connectivity index (χ2v) is 12.6. The molecular formula is C34H32N6O3S2. The molecule has 11 heteroatoms. The molecule has 228 valence electrons. The minimum absolute atomic E-state index is 0.115. The van der Waals surface area contributed by atoms with Gasteiger partial charge in [0.2, 0.25) is 0 Å². The van der Waals surface area contributed by atoms with E-state index >= 15 is 0 Å². The zero-order valence-corrected chi connectivity index (χ0v) is 26.8. The minimum atomic E-state index is -0.257. The number of ether oxygens (including phenoxy) is 1. The first-order valence-corrected chi connectivity index (χ1v) is 16.3. The highest BCUT2D eigenvalue weighted by Crippen LogP contribution is 2.35. The summed E-state index contributed by atoms with van der Waals surface area (Å²) in [7, 11) is 1.56. The van der Waals surface area contributed by atoms with E-state index < -0.39 is 0 Å². The van der Waals surface area contributed by atoms with Gasteiger partial charge in [-0.05, 0) is 66.8 Å². The summed E-state index contributed by atoms with van der Waals surface area (Å²) in [4.78, 5) is 27.8. The van der Waals surface area contributed by atoms with Crippen molar-refractivity contribution in [2.75, 3.05) is 12.9 Å². The van der Waals surface area contributed by atoms with Crippen molar-refractivity contribution in [3.63, 3.8) is 0 Å². The molecule has 0 aliphatic carbocycles. The third kappa shape index (κ3) is 6.84. The normalized spacial score (nSPS) is 14.3. The number of nitrogens with one attached hydrogen (secondary N) is 1. The summed E-state index contributed by atoms with van der Waals surface area (Å²) >= 11 is 2.92. The van der Waals surface area contributed by atoms with Gasteiger partial charge in [0.05, 0.1) is 36.0 Å². The third-order valence-electron chi connectivity index (χ3n) is 7.46. The van der Waals surface area contributed by atoms with Crippen molar-refractivity contribution in [2.24, 2.45) is 5.10 Å². The van der Waals surface area contributed by atoms with E-state index in [1.54, 1.807) is 47.7 Å². The Labute approximate surface area is 270 Å². The van der Waals surface area contributed by atoms with Crippen LogP contribution in [-0.4, -0.2) is 50.2 Å². The highest BCUT2D eigenvalue weighted by Gasteiger charge is 2.33. The van der Waals surface area contributed by atoms with Crippen molar-refractivity contribution >= 4 is 40.6 Å². The van der Waals surface area contributed by atoms with E-state index in [1.165, 1.54) is 11.8 Å². The average Bonchev–Trinajstić information content (AvgIpc) is 3.83. The lowest BCUT2D eigenvalue weighted by atomic mass is 10.00. The van der Waals surface area contributed by atoms with E-state index in [0.717, 1.165) is 33.0 Å². The number of methoxy groups -OCH3 is 1. The van der Waals surface area contributed by atoms with Crippen molar-refractivity contribution < 1.29 is 14.3 Å². The first-order chi connectivity index (χ1) is 21.9. The Hall–Kier alpha value is -4.74. The lowest BCUT2D eigenvalue weighted by molar-refractivity contribution is -0.130. The SMILES string of the molecule is COc1cccc(C(=O)NCc2nnc(SCC(=O)N3N=C(c4cccs4)C[C@H]3c3ccc(C)cc3)n2-c2cccc(C)c2)c1. The van der Waals surface area contributed by atoms with Crippen LogP contribution >= 0.6 is 23.1 Å². The summed E-state index contributed by atoms with van der Waals surface area (Å²) in [6, 6.07) is 27.0. The number of carbonyl (C=O) groups is 2.